The first kappa shape index (κ1) is 12.5. The van der Waals surface area contributed by atoms with Crippen LogP contribution in [0.15, 0.2) is 18.3 Å². The zero-order chi connectivity index (χ0) is 13.1. The Bertz CT molecular complexity index is 473. The van der Waals surface area contributed by atoms with Gasteiger partial charge in [0.2, 0.25) is 5.91 Å². The molecule has 2 rings (SSSR count). The number of nitrogens with zero attached hydrogens (tertiary/aromatic N) is 2. The number of carbonyl (C=O) groups excluding carboxylic acids is 2. The van der Waals surface area contributed by atoms with E-state index in [-0.39, 0.29) is 17.9 Å². The molecule has 1 unspecified atom stereocenters. The molecule has 1 fully saturated rings. The van der Waals surface area contributed by atoms with E-state index in [9.17, 15) is 9.59 Å². The van der Waals surface area contributed by atoms with Gasteiger partial charge in [-0.2, -0.15) is 0 Å². The second-order valence-corrected chi connectivity index (χ2v) is 4.38. The number of nitrogens with one attached hydrogen (secondary N) is 1. The maximum Gasteiger partial charge on any atom is 0.273 e. The summed E-state index contributed by atoms with van der Waals surface area (Å²) in [4.78, 5) is 29.9. The van der Waals surface area contributed by atoms with Crippen molar-refractivity contribution in [2.75, 3.05) is 13.1 Å². The van der Waals surface area contributed by atoms with Crippen molar-refractivity contribution < 1.29 is 9.59 Å². The number of aryl methyl sites for hydroxylation is 1. The lowest BCUT2D eigenvalue weighted by molar-refractivity contribution is -0.127. The molecule has 1 N–H and O–H groups in total. The van der Waals surface area contributed by atoms with E-state index in [0.717, 1.165) is 5.56 Å². The highest BCUT2D eigenvalue weighted by atomic mass is 16.2. The number of piperazine rings is 1. The summed E-state index contributed by atoms with van der Waals surface area (Å²) in [6.45, 7) is 4.80. The van der Waals surface area contributed by atoms with E-state index < -0.39 is 0 Å². The van der Waals surface area contributed by atoms with Gasteiger partial charge < -0.3 is 10.2 Å². The zero-order valence-electron chi connectivity index (χ0n) is 10.6. The molecule has 5 nitrogen and oxygen atoms in total. The number of carbonyl (C=O) groups is 2. The first-order valence-corrected chi connectivity index (χ1v) is 6.15. The average Bonchev–Trinajstić information content (AvgIpc) is 2.38. The molecule has 5 heteroatoms. The molecule has 0 aromatic carbocycles. The number of rotatable bonds is 2. The molecule has 1 atom stereocenters. The smallest absolute Gasteiger partial charge is 0.273 e. The standard InChI is InChI=1S/C13H17N3O2/c1-3-10-12(17)15-7-8-16(10)13(18)11-9(2)5-4-6-14-11/h4-6,10H,3,7-8H2,1-2H3,(H,15,17). The third kappa shape index (κ3) is 2.20. The number of pyridine rings is 1. The molecule has 0 bridgehead atoms. The van der Waals surface area contributed by atoms with Crippen LogP contribution < -0.4 is 5.32 Å². The largest absolute Gasteiger partial charge is 0.353 e. The van der Waals surface area contributed by atoms with Crippen molar-refractivity contribution in [3.05, 3.63) is 29.6 Å². The number of aromatic nitrogens is 1. The van der Waals surface area contributed by atoms with Crippen molar-refractivity contribution in [3.63, 3.8) is 0 Å². The molecule has 1 aliphatic heterocycles. The summed E-state index contributed by atoms with van der Waals surface area (Å²) in [5.41, 5.74) is 1.27. The maximum atomic E-state index is 12.4. The molecule has 1 saturated heterocycles. The molecule has 96 valence electrons. The molecule has 18 heavy (non-hydrogen) atoms. The predicted molar refractivity (Wildman–Crippen MR) is 67.1 cm³/mol. The van der Waals surface area contributed by atoms with E-state index in [1.165, 1.54) is 0 Å². The van der Waals surface area contributed by atoms with Crippen molar-refractivity contribution in [3.8, 4) is 0 Å². The molecule has 2 amide bonds. The minimum Gasteiger partial charge on any atom is -0.353 e. The fourth-order valence-electron chi connectivity index (χ4n) is 2.21. The van der Waals surface area contributed by atoms with Gasteiger partial charge in [-0.15, -0.1) is 0 Å². The van der Waals surface area contributed by atoms with Gasteiger partial charge in [0.15, 0.2) is 0 Å². The second kappa shape index (κ2) is 5.16. The Hall–Kier alpha value is -1.91. The monoisotopic (exact) mass is 247 g/mol. The van der Waals surface area contributed by atoms with Gasteiger partial charge in [-0.3, -0.25) is 14.6 Å². The van der Waals surface area contributed by atoms with Crippen molar-refractivity contribution in [1.29, 1.82) is 0 Å². The summed E-state index contributed by atoms with van der Waals surface area (Å²) in [5.74, 6) is -0.236. The fourth-order valence-corrected chi connectivity index (χ4v) is 2.21. The summed E-state index contributed by atoms with van der Waals surface area (Å²) < 4.78 is 0. The number of amides is 2. The van der Waals surface area contributed by atoms with Gasteiger partial charge in [0.1, 0.15) is 11.7 Å². The lowest BCUT2D eigenvalue weighted by Gasteiger charge is -2.34. The molecule has 0 spiro atoms. The van der Waals surface area contributed by atoms with Crippen molar-refractivity contribution in [2.24, 2.45) is 0 Å². The molecule has 0 aliphatic carbocycles. The van der Waals surface area contributed by atoms with E-state index in [1.54, 1.807) is 17.2 Å². The molecule has 1 aromatic heterocycles. The third-order valence-electron chi connectivity index (χ3n) is 3.19. The van der Waals surface area contributed by atoms with Crippen LogP contribution in [0.4, 0.5) is 0 Å². The van der Waals surface area contributed by atoms with E-state index in [4.69, 9.17) is 0 Å². The van der Waals surface area contributed by atoms with Gasteiger partial charge in [-0.1, -0.05) is 13.0 Å². The molecular weight excluding hydrogens is 230 g/mol. The van der Waals surface area contributed by atoms with E-state index in [0.29, 0.717) is 25.2 Å². The highest BCUT2D eigenvalue weighted by Gasteiger charge is 2.32. The van der Waals surface area contributed by atoms with Crippen LogP contribution in [-0.4, -0.2) is 40.8 Å². The molecule has 1 aliphatic rings. The highest BCUT2D eigenvalue weighted by Crippen LogP contribution is 2.14. The van der Waals surface area contributed by atoms with Gasteiger partial charge in [-0.25, -0.2) is 0 Å². The van der Waals surface area contributed by atoms with Crippen molar-refractivity contribution in [2.45, 2.75) is 26.3 Å². The van der Waals surface area contributed by atoms with Gasteiger partial charge in [-0.05, 0) is 25.0 Å². The SMILES string of the molecule is CCC1C(=O)NCCN1C(=O)c1ncccc1C. The molecule has 1 aromatic rings. The quantitative estimate of drug-likeness (QED) is 0.838. The van der Waals surface area contributed by atoms with Crippen LogP contribution in [0.5, 0.6) is 0 Å². The zero-order valence-corrected chi connectivity index (χ0v) is 10.6. The maximum absolute atomic E-state index is 12.4. The normalized spacial score (nSPS) is 19.6. The molecule has 0 saturated carbocycles. The number of hydrogen-bond acceptors (Lipinski definition) is 3. The molecular formula is C13H17N3O2. The lowest BCUT2D eigenvalue weighted by atomic mass is 10.1. The molecule has 2 heterocycles. The van der Waals surface area contributed by atoms with Gasteiger partial charge in [0.05, 0.1) is 0 Å². The third-order valence-corrected chi connectivity index (χ3v) is 3.19. The first-order valence-electron chi connectivity index (χ1n) is 6.15. The summed E-state index contributed by atoms with van der Waals surface area (Å²) in [6, 6.07) is 3.27. The Kier molecular flexibility index (Phi) is 3.60. The Morgan fingerprint density at radius 3 is 3.06 bits per heavy atom. The number of hydrogen-bond donors (Lipinski definition) is 1. The second-order valence-electron chi connectivity index (χ2n) is 4.38. The molecule has 0 radical (unpaired) electrons. The highest BCUT2D eigenvalue weighted by molar-refractivity contribution is 5.97. The van der Waals surface area contributed by atoms with Crippen molar-refractivity contribution >= 4 is 11.8 Å². The van der Waals surface area contributed by atoms with Gasteiger partial charge >= 0.3 is 0 Å². The summed E-state index contributed by atoms with van der Waals surface area (Å²) >= 11 is 0. The van der Waals surface area contributed by atoms with Crippen LogP contribution in [0, 0.1) is 6.92 Å². The minimum absolute atomic E-state index is 0.0781. The predicted octanol–water partition coefficient (Wildman–Crippen LogP) is 0.741. The van der Waals surface area contributed by atoms with Crippen LogP contribution in [0.2, 0.25) is 0 Å². The van der Waals surface area contributed by atoms with E-state index in [2.05, 4.69) is 10.3 Å². The van der Waals surface area contributed by atoms with Crippen LogP contribution >= 0.6 is 0 Å². The van der Waals surface area contributed by atoms with Crippen LogP contribution in [0.3, 0.4) is 0 Å². The first-order chi connectivity index (χ1) is 8.65. The van der Waals surface area contributed by atoms with Gasteiger partial charge in [0.25, 0.3) is 5.91 Å². The van der Waals surface area contributed by atoms with E-state index >= 15 is 0 Å². The Balaban J connectivity index is 2.27. The summed E-state index contributed by atoms with van der Waals surface area (Å²) in [7, 11) is 0. The van der Waals surface area contributed by atoms with Crippen LogP contribution in [0.1, 0.15) is 29.4 Å². The summed E-state index contributed by atoms with van der Waals surface area (Å²) in [5, 5.41) is 2.78. The Morgan fingerprint density at radius 2 is 2.39 bits per heavy atom. The average molecular weight is 247 g/mol. The van der Waals surface area contributed by atoms with Crippen LogP contribution in [0.25, 0.3) is 0 Å². The summed E-state index contributed by atoms with van der Waals surface area (Å²) in [6.07, 6.45) is 2.22. The van der Waals surface area contributed by atoms with E-state index in [1.807, 2.05) is 19.9 Å². The fraction of sp³-hybridized carbons (Fsp3) is 0.462. The van der Waals surface area contributed by atoms with Gasteiger partial charge in [0, 0.05) is 19.3 Å². The van der Waals surface area contributed by atoms with Crippen molar-refractivity contribution in [1.82, 2.24) is 15.2 Å². The Labute approximate surface area is 106 Å². The Morgan fingerprint density at radius 1 is 1.61 bits per heavy atom. The van der Waals surface area contributed by atoms with Crippen LogP contribution in [-0.2, 0) is 4.79 Å². The topological polar surface area (TPSA) is 62.3 Å². The minimum atomic E-state index is -0.382. The lowest BCUT2D eigenvalue weighted by Crippen LogP contribution is -2.57.